The monoisotopic (exact) mass is 378 g/mol. The van der Waals surface area contributed by atoms with E-state index in [4.69, 9.17) is 0 Å². The molecular weight excluding hydrogens is 348 g/mol. The van der Waals surface area contributed by atoms with Gasteiger partial charge in [-0.25, -0.2) is 4.99 Å². The van der Waals surface area contributed by atoms with E-state index in [1.807, 2.05) is 6.92 Å². The number of likely N-dealkylation sites (N-methyl/N-ethyl adjacent to an activating group) is 1. The van der Waals surface area contributed by atoms with E-state index in [9.17, 15) is 5.11 Å². The van der Waals surface area contributed by atoms with Crippen LogP contribution >= 0.6 is 0 Å². The first-order valence-corrected chi connectivity index (χ1v) is 9.73. The quantitative estimate of drug-likeness (QED) is 0.465. The second-order valence-corrected chi connectivity index (χ2v) is 7.52. The average Bonchev–Trinajstić information content (AvgIpc) is 2.65. The Labute approximate surface area is 168 Å². The lowest BCUT2D eigenvalue weighted by Crippen LogP contribution is -2.44. The third kappa shape index (κ3) is 5.36. The molecule has 3 rings (SSSR count). The van der Waals surface area contributed by atoms with Gasteiger partial charge in [0.15, 0.2) is 0 Å². The summed E-state index contributed by atoms with van der Waals surface area (Å²) in [6, 6.07) is 15.3. The number of benzene rings is 2. The number of piperazine rings is 1. The lowest BCUT2D eigenvalue weighted by molar-refractivity contribution is 0.313. The van der Waals surface area contributed by atoms with Crippen LogP contribution in [0.1, 0.15) is 23.6 Å². The molecule has 1 aliphatic heterocycles. The first-order chi connectivity index (χ1) is 13.4. The number of aryl methyl sites for hydroxylation is 1. The van der Waals surface area contributed by atoms with Crippen LogP contribution in [0.2, 0.25) is 0 Å². The van der Waals surface area contributed by atoms with Crippen molar-refractivity contribution in [3.05, 3.63) is 71.6 Å². The molecule has 0 atom stereocenters. The fourth-order valence-corrected chi connectivity index (χ4v) is 3.49. The highest BCUT2D eigenvalue weighted by molar-refractivity contribution is 5.94. The number of aliphatic imine (C=N–C) groups is 1. The highest BCUT2D eigenvalue weighted by Gasteiger charge is 2.14. The Morgan fingerprint density at radius 2 is 1.82 bits per heavy atom. The number of nitrogens with one attached hydrogen (secondary N) is 1. The van der Waals surface area contributed by atoms with Gasteiger partial charge in [0.1, 0.15) is 5.84 Å². The zero-order valence-electron chi connectivity index (χ0n) is 17.1. The van der Waals surface area contributed by atoms with Crippen LogP contribution in [0.3, 0.4) is 0 Å². The summed E-state index contributed by atoms with van der Waals surface area (Å²) >= 11 is 0. The molecule has 2 aromatic rings. The van der Waals surface area contributed by atoms with E-state index in [2.05, 4.69) is 83.1 Å². The summed E-state index contributed by atoms with van der Waals surface area (Å²) in [6.07, 6.45) is 0.874. The Kier molecular flexibility index (Phi) is 6.37. The van der Waals surface area contributed by atoms with Crippen molar-refractivity contribution < 1.29 is 5.11 Å². The fraction of sp³-hybridized carbons (Fsp3) is 0.348. The highest BCUT2D eigenvalue weighted by Crippen LogP contribution is 2.23. The number of rotatable bonds is 5. The molecule has 5 heteroatoms. The van der Waals surface area contributed by atoms with Gasteiger partial charge in [-0.15, -0.1) is 0 Å². The van der Waals surface area contributed by atoms with Crippen molar-refractivity contribution in [3.63, 3.8) is 0 Å². The second kappa shape index (κ2) is 8.93. The standard InChI is InChI=1S/C23H30N4O/c1-17-8-9-21(16-23(17)25-18(2)24-19(3)28)14-20-6-5-7-22(15-20)27-12-10-26(4)11-13-27/h5-9,15-16,28H,3,10-14H2,1-2,4H3,(H,24,25). The maximum Gasteiger partial charge on any atom is 0.204 e. The molecule has 0 unspecified atom stereocenters. The molecule has 1 saturated heterocycles. The Hall–Kier alpha value is -2.79. The Morgan fingerprint density at radius 1 is 1.11 bits per heavy atom. The number of anilines is 2. The van der Waals surface area contributed by atoms with Gasteiger partial charge in [-0.2, -0.15) is 0 Å². The summed E-state index contributed by atoms with van der Waals surface area (Å²) in [5.41, 5.74) is 5.98. The van der Waals surface area contributed by atoms with Crippen LogP contribution in [0, 0.1) is 6.92 Å². The van der Waals surface area contributed by atoms with Crippen molar-refractivity contribution in [2.45, 2.75) is 20.3 Å². The van der Waals surface area contributed by atoms with Gasteiger partial charge in [0, 0.05) is 37.6 Å². The molecular formula is C23H30N4O. The van der Waals surface area contributed by atoms with Crippen LogP contribution in [-0.2, 0) is 6.42 Å². The van der Waals surface area contributed by atoms with Crippen molar-refractivity contribution >= 4 is 17.2 Å². The minimum atomic E-state index is -0.195. The molecule has 28 heavy (non-hydrogen) atoms. The molecule has 5 nitrogen and oxygen atoms in total. The summed E-state index contributed by atoms with van der Waals surface area (Å²) < 4.78 is 0. The van der Waals surface area contributed by atoms with Gasteiger partial charge >= 0.3 is 0 Å². The fourth-order valence-electron chi connectivity index (χ4n) is 3.49. The van der Waals surface area contributed by atoms with Crippen LogP contribution in [0.5, 0.6) is 0 Å². The van der Waals surface area contributed by atoms with E-state index in [0.717, 1.165) is 43.9 Å². The Bertz CT molecular complexity index is 867. The lowest BCUT2D eigenvalue weighted by atomic mass is 10.0. The minimum Gasteiger partial charge on any atom is -0.494 e. The number of hydrogen-bond acceptors (Lipinski definition) is 4. The molecule has 2 aromatic carbocycles. The minimum absolute atomic E-state index is 0.195. The Balaban J connectivity index is 1.74. The molecule has 0 aromatic heterocycles. The van der Waals surface area contributed by atoms with Gasteiger partial charge in [-0.05, 0) is 68.8 Å². The van der Waals surface area contributed by atoms with Crippen molar-refractivity contribution in [3.8, 4) is 0 Å². The normalized spacial score (nSPS) is 15.5. The van der Waals surface area contributed by atoms with Crippen molar-refractivity contribution in [1.29, 1.82) is 0 Å². The zero-order chi connectivity index (χ0) is 20.1. The van der Waals surface area contributed by atoms with Crippen molar-refractivity contribution in [2.24, 2.45) is 4.99 Å². The lowest BCUT2D eigenvalue weighted by Gasteiger charge is -2.34. The van der Waals surface area contributed by atoms with Crippen LogP contribution in [0.15, 0.2) is 59.9 Å². The summed E-state index contributed by atoms with van der Waals surface area (Å²) in [5.74, 6) is 0.421. The predicted molar refractivity (Wildman–Crippen MR) is 119 cm³/mol. The van der Waals surface area contributed by atoms with Gasteiger partial charge in [0.25, 0.3) is 0 Å². The van der Waals surface area contributed by atoms with E-state index in [1.54, 1.807) is 0 Å². The third-order valence-corrected chi connectivity index (χ3v) is 5.10. The summed E-state index contributed by atoms with van der Waals surface area (Å²) in [7, 11) is 2.18. The number of aliphatic hydroxyl groups is 1. The summed E-state index contributed by atoms with van der Waals surface area (Å²) in [6.45, 7) is 11.6. The highest BCUT2D eigenvalue weighted by atomic mass is 16.3. The summed E-state index contributed by atoms with van der Waals surface area (Å²) in [5, 5.41) is 12.5. The number of amidine groups is 1. The first kappa shape index (κ1) is 20.0. The third-order valence-electron chi connectivity index (χ3n) is 5.10. The van der Waals surface area contributed by atoms with E-state index < -0.39 is 0 Å². The van der Waals surface area contributed by atoms with Gasteiger partial charge in [0.05, 0.1) is 0 Å². The maximum atomic E-state index is 9.24. The van der Waals surface area contributed by atoms with Gasteiger partial charge in [-0.1, -0.05) is 24.3 Å². The predicted octanol–water partition coefficient (Wildman–Crippen LogP) is 4.20. The van der Waals surface area contributed by atoms with E-state index in [-0.39, 0.29) is 5.88 Å². The number of hydrogen-bond donors (Lipinski definition) is 2. The largest absolute Gasteiger partial charge is 0.494 e. The molecule has 0 saturated carbocycles. The molecule has 2 N–H and O–H groups in total. The maximum absolute atomic E-state index is 9.24. The SMILES string of the molecule is C=C(O)N=C(C)Nc1cc(Cc2cccc(N3CCN(C)CC3)c2)ccc1C. The molecule has 0 bridgehead atoms. The van der Waals surface area contributed by atoms with Crippen LogP contribution in [-0.4, -0.2) is 49.1 Å². The molecule has 0 spiro atoms. The van der Waals surface area contributed by atoms with Crippen LogP contribution < -0.4 is 10.2 Å². The van der Waals surface area contributed by atoms with Gasteiger partial charge < -0.3 is 20.2 Å². The topological polar surface area (TPSA) is 51.1 Å². The van der Waals surface area contributed by atoms with E-state index in [0.29, 0.717) is 5.84 Å². The summed E-state index contributed by atoms with van der Waals surface area (Å²) in [4.78, 5) is 8.79. The average molecular weight is 379 g/mol. The Morgan fingerprint density at radius 3 is 2.54 bits per heavy atom. The molecule has 148 valence electrons. The van der Waals surface area contributed by atoms with Crippen LogP contribution in [0.4, 0.5) is 11.4 Å². The van der Waals surface area contributed by atoms with Crippen molar-refractivity contribution in [2.75, 3.05) is 43.4 Å². The van der Waals surface area contributed by atoms with E-state index in [1.165, 1.54) is 16.8 Å². The smallest absolute Gasteiger partial charge is 0.204 e. The van der Waals surface area contributed by atoms with Crippen LogP contribution in [0.25, 0.3) is 0 Å². The number of aliphatic hydroxyl groups excluding tert-OH is 1. The zero-order valence-corrected chi connectivity index (χ0v) is 17.1. The molecule has 1 fully saturated rings. The van der Waals surface area contributed by atoms with E-state index >= 15 is 0 Å². The molecule has 1 aliphatic rings. The molecule has 0 radical (unpaired) electrons. The molecule has 1 heterocycles. The second-order valence-electron chi connectivity index (χ2n) is 7.52. The van der Waals surface area contributed by atoms with Crippen molar-refractivity contribution in [1.82, 2.24) is 4.90 Å². The first-order valence-electron chi connectivity index (χ1n) is 9.73. The molecule has 0 aliphatic carbocycles. The number of nitrogens with zero attached hydrogens (tertiary/aromatic N) is 3. The van der Waals surface area contributed by atoms with Gasteiger partial charge in [0.2, 0.25) is 5.88 Å². The molecule has 0 amide bonds. The van der Waals surface area contributed by atoms with Gasteiger partial charge in [-0.3, -0.25) is 0 Å².